The monoisotopic (exact) mass is 347 g/mol. The number of anilines is 1. The molecule has 118 valence electrons. The number of nitrogens with one attached hydrogen (secondary N) is 1. The molecule has 4 nitrogen and oxygen atoms in total. The van der Waals surface area contributed by atoms with Gasteiger partial charge in [-0.1, -0.05) is 41.9 Å². The van der Waals surface area contributed by atoms with Crippen molar-refractivity contribution < 1.29 is 13.2 Å². The maximum absolute atomic E-state index is 12.5. The summed E-state index contributed by atoms with van der Waals surface area (Å²) < 4.78 is 32.7. The first-order chi connectivity index (χ1) is 11.0. The Balaban J connectivity index is 1.96. The minimum Gasteiger partial charge on any atom is -0.495 e. The summed E-state index contributed by atoms with van der Waals surface area (Å²) >= 11 is 5.93. The van der Waals surface area contributed by atoms with Gasteiger partial charge in [0.15, 0.2) is 0 Å². The smallest absolute Gasteiger partial charge is 0.262 e. The molecule has 0 aliphatic rings. The van der Waals surface area contributed by atoms with E-state index >= 15 is 0 Å². The van der Waals surface area contributed by atoms with Crippen molar-refractivity contribution in [2.45, 2.75) is 4.90 Å². The molecule has 3 rings (SSSR count). The molecule has 0 spiro atoms. The van der Waals surface area contributed by atoms with E-state index in [-0.39, 0.29) is 4.90 Å². The summed E-state index contributed by atoms with van der Waals surface area (Å²) in [5.74, 6) is 0.313. The minimum absolute atomic E-state index is 0.0897. The molecule has 0 bridgehead atoms. The largest absolute Gasteiger partial charge is 0.495 e. The van der Waals surface area contributed by atoms with E-state index in [1.165, 1.54) is 25.3 Å². The van der Waals surface area contributed by atoms with Gasteiger partial charge in [0.05, 0.1) is 17.0 Å². The molecule has 0 amide bonds. The molecule has 0 aliphatic carbocycles. The van der Waals surface area contributed by atoms with Gasteiger partial charge in [0, 0.05) is 11.8 Å². The third-order valence-corrected chi connectivity index (χ3v) is 5.13. The molecule has 0 aliphatic heterocycles. The fraction of sp³-hybridized carbons (Fsp3) is 0.0588. The molecule has 0 atom stereocenters. The summed E-state index contributed by atoms with van der Waals surface area (Å²) in [6.07, 6.45) is 0. The Kier molecular flexibility index (Phi) is 4.15. The van der Waals surface area contributed by atoms with Crippen LogP contribution in [0.25, 0.3) is 10.8 Å². The predicted octanol–water partition coefficient (Wildman–Crippen LogP) is 4.30. The fourth-order valence-electron chi connectivity index (χ4n) is 2.27. The highest BCUT2D eigenvalue weighted by atomic mass is 35.5. The van der Waals surface area contributed by atoms with E-state index < -0.39 is 10.0 Å². The summed E-state index contributed by atoms with van der Waals surface area (Å²) in [6.45, 7) is 0. The lowest BCUT2D eigenvalue weighted by atomic mass is 10.1. The summed E-state index contributed by atoms with van der Waals surface area (Å²) in [6, 6.07) is 17.5. The molecular formula is C17H14ClNO3S. The van der Waals surface area contributed by atoms with Gasteiger partial charge in [-0.2, -0.15) is 0 Å². The summed E-state index contributed by atoms with van der Waals surface area (Å²) in [5, 5.41) is 2.36. The zero-order valence-electron chi connectivity index (χ0n) is 12.3. The third kappa shape index (κ3) is 3.25. The van der Waals surface area contributed by atoms with E-state index in [0.29, 0.717) is 16.5 Å². The van der Waals surface area contributed by atoms with E-state index in [2.05, 4.69) is 4.72 Å². The van der Waals surface area contributed by atoms with Gasteiger partial charge in [0.2, 0.25) is 0 Å². The Hall–Kier alpha value is -2.24. The van der Waals surface area contributed by atoms with Gasteiger partial charge < -0.3 is 4.74 Å². The lowest BCUT2D eigenvalue weighted by molar-refractivity contribution is 0.413. The van der Waals surface area contributed by atoms with Crippen LogP contribution >= 0.6 is 11.6 Å². The van der Waals surface area contributed by atoms with Crippen LogP contribution in [0.4, 0.5) is 5.69 Å². The molecule has 0 aromatic heterocycles. The normalized spacial score (nSPS) is 11.4. The number of hydrogen-bond acceptors (Lipinski definition) is 3. The zero-order valence-corrected chi connectivity index (χ0v) is 13.9. The summed E-state index contributed by atoms with van der Waals surface area (Å²) in [5.41, 5.74) is 0.498. The highest BCUT2D eigenvalue weighted by Gasteiger charge is 2.16. The van der Waals surface area contributed by atoms with E-state index in [4.69, 9.17) is 16.3 Å². The van der Waals surface area contributed by atoms with Crippen LogP contribution in [0.15, 0.2) is 65.6 Å². The molecule has 0 unspecified atom stereocenters. The van der Waals surface area contributed by atoms with Crippen molar-refractivity contribution in [3.8, 4) is 5.75 Å². The standard InChI is InChI=1S/C17H14ClNO3S/c1-22-17-11-15(8-9-16(17)18)23(20,21)19-14-7-6-12-4-2-3-5-13(12)10-14/h2-11,19H,1H3. The Morgan fingerprint density at radius 3 is 2.43 bits per heavy atom. The van der Waals surface area contributed by atoms with Gasteiger partial charge in [-0.25, -0.2) is 8.42 Å². The van der Waals surface area contributed by atoms with Crippen molar-refractivity contribution in [3.63, 3.8) is 0 Å². The maximum atomic E-state index is 12.5. The Bertz CT molecular complexity index is 970. The number of ether oxygens (including phenoxy) is 1. The first kappa shape index (κ1) is 15.6. The lowest BCUT2D eigenvalue weighted by Crippen LogP contribution is -2.13. The molecule has 0 saturated carbocycles. The number of rotatable bonds is 4. The van der Waals surface area contributed by atoms with E-state index in [1.807, 2.05) is 30.3 Å². The zero-order chi connectivity index (χ0) is 16.4. The second-order valence-electron chi connectivity index (χ2n) is 4.96. The van der Waals surface area contributed by atoms with Crippen LogP contribution in [-0.2, 0) is 10.0 Å². The molecule has 0 fully saturated rings. The Morgan fingerprint density at radius 2 is 1.70 bits per heavy atom. The number of sulfonamides is 1. The van der Waals surface area contributed by atoms with E-state index in [0.717, 1.165) is 10.8 Å². The maximum Gasteiger partial charge on any atom is 0.262 e. The molecule has 3 aromatic carbocycles. The molecule has 1 N–H and O–H groups in total. The van der Waals surface area contributed by atoms with Gasteiger partial charge in [-0.05, 0) is 35.0 Å². The number of methoxy groups -OCH3 is 1. The summed E-state index contributed by atoms with van der Waals surface area (Å²) in [7, 11) is -2.28. The average molecular weight is 348 g/mol. The molecular weight excluding hydrogens is 334 g/mol. The van der Waals surface area contributed by atoms with Crippen LogP contribution in [0.2, 0.25) is 5.02 Å². The van der Waals surface area contributed by atoms with Crippen molar-refractivity contribution in [3.05, 3.63) is 65.7 Å². The highest BCUT2D eigenvalue weighted by Crippen LogP contribution is 2.28. The predicted molar refractivity (Wildman–Crippen MR) is 92.8 cm³/mol. The van der Waals surface area contributed by atoms with Crippen molar-refractivity contribution >= 4 is 38.1 Å². The van der Waals surface area contributed by atoms with Gasteiger partial charge in [-0.3, -0.25) is 4.72 Å². The number of halogens is 1. The van der Waals surface area contributed by atoms with Gasteiger partial charge >= 0.3 is 0 Å². The number of benzene rings is 3. The van der Waals surface area contributed by atoms with Gasteiger partial charge in [-0.15, -0.1) is 0 Å². The van der Waals surface area contributed by atoms with Crippen LogP contribution in [0.1, 0.15) is 0 Å². The van der Waals surface area contributed by atoms with Crippen LogP contribution < -0.4 is 9.46 Å². The van der Waals surface area contributed by atoms with E-state index in [9.17, 15) is 8.42 Å². The van der Waals surface area contributed by atoms with Crippen molar-refractivity contribution in [2.24, 2.45) is 0 Å². The first-order valence-corrected chi connectivity index (χ1v) is 8.71. The Labute approximate surface area is 139 Å². The molecule has 0 saturated heterocycles. The fourth-order valence-corrected chi connectivity index (χ4v) is 3.53. The second-order valence-corrected chi connectivity index (χ2v) is 7.05. The number of hydrogen-bond donors (Lipinski definition) is 1. The van der Waals surface area contributed by atoms with E-state index in [1.54, 1.807) is 12.1 Å². The van der Waals surface area contributed by atoms with Crippen LogP contribution in [0.3, 0.4) is 0 Å². The molecule has 23 heavy (non-hydrogen) atoms. The van der Waals surface area contributed by atoms with Crippen LogP contribution in [0.5, 0.6) is 5.75 Å². The number of fused-ring (bicyclic) bond motifs is 1. The minimum atomic E-state index is -3.72. The van der Waals surface area contributed by atoms with Crippen molar-refractivity contribution in [2.75, 3.05) is 11.8 Å². The molecule has 6 heteroatoms. The molecule has 3 aromatic rings. The Morgan fingerprint density at radius 1 is 0.957 bits per heavy atom. The van der Waals surface area contributed by atoms with Crippen molar-refractivity contribution in [1.82, 2.24) is 0 Å². The van der Waals surface area contributed by atoms with Gasteiger partial charge in [0.25, 0.3) is 10.0 Å². The van der Waals surface area contributed by atoms with Crippen LogP contribution in [0, 0.1) is 0 Å². The third-order valence-electron chi connectivity index (χ3n) is 3.43. The quantitative estimate of drug-likeness (QED) is 0.765. The average Bonchev–Trinajstić information content (AvgIpc) is 2.54. The molecule has 0 heterocycles. The van der Waals surface area contributed by atoms with Gasteiger partial charge in [0.1, 0.15) is 5.75 Å². The lowest BCUT2D eigenvalue weighted by Gasteiger charge is -2.11. The SMILES string of the molecule is COc1cc(S(=O)(=O)Nc2ccc3ccccc3c2)ccc1Cl. The second kappa shape index (κ2) is 6.10. The highest BCUT2D eigenvalue weighted by molar-refractivity contribution is 7.92. The van der Waals surface area contributed by atoms with Crippen molar-refractivity contribution in [1.29, 1.82) is 0 Å². The molecule has 0 radical (unpaired) electrons. The summed E-state index contributed by atoms with van der Waals surface area (Å²) in [4.78, 5) is 0.0897. The first-order valence-electron chi connectivity index (χ1n) is 6.85. The topological polar surface area (TPSA) is 55.4 Å². The van der Waals surface area contributed by atoms with Crippen LogP contribution in [-0.4, -0.2) is 15.5 Å².